The fourth-order valence-electron chi connectivity index (χ4n) is 1.81. The van der Waals surface area contributed by atoms with Gasteiger partial charge in [-0.3, -0.25) is 0 Å². The van der Waals surface area contributed by atoms with Crippen molar-refractivity contribution in [3.8, 4) is 11.5 Å². The van der Waals surface area contributed by atoms with Crippen molar-refractivity contribution in [2.45, 2.75) is 19.9 Å². The van der Waals surface area contributed by atoms with Gasteiger partial charge < -0.3 is 10.1 Å². The Morgan fingerprint density at radius 3 is 2.57 bits per heavy atom. The third-order valence-electron chi connectivity index (χ3n) is 2.87. The zero-order chi connectivity index (χ0) is 15.2. The maximum absolute atomic E-state index is 13.1. The predicted molar refractivity (Wildman–Crippen MR) is 84.9 cm³/mol. The normalized spacial score (nSPS) is 10.7. The SMILES string of the molecule is CCCNCc1ccc(Oc2ccc(F)c(Cl)c2)c(Cl)c1. The molecule has 2 nitrogen and oxygen atoms in total. The van der Waals surface area contributed by atoms with Crippen molar-refractivity contribution in [2.75, 3.05) is 6.54 Å². The Bertz CT molecular complexity index is 619. The van der Waals surface area contributed by atoms with E-state index in [-0.39, 0.29) is 5.02 Å². The highest BCUT2D eigenvalue weighted by Gasteiger charge is 2.07. The first-order valence-corrected chi connectivity index (χ1v) is 7.47. The molecule has 0 amide bonds. The van der Waals surface area contributed by atoms with Crippen molar-refractivity contribution in [2.24, 2.45) is 0 Å². The van der Waals surface area contributed by atoms with Gasteiger partial charge in [-0.1, -0.05) is 36.2 Å². The Morgan fingerprint density at radius 1 is 1.10 bits per heavy atom. The van der Waals surface area contributed by atoms with Crippen LogP contribution in [0.15, 0.2) is 36.4 Å². The maximum atomic E-state index is 13.1. The molecule has 0 saturated carbocycles. The fraction of sp³-hybridized carbons (Fsp3) is 0.250. The van der Waals surface area contributed by atoms with E-state index in [1.54, 1.807) is 6.07 Å². The van der Waals surface area contributed by atoms with Gasteiger partial charge in [-0.2, -0.15) is 0 Å². The molecule has 0 fully saturated rings. The summed E-state index contributed by atoms with van der Waals surface area (Å²) in [5.41, 5.74) is 1.08. The molecule has 2 aromatic carbocycles. The van der Waals surface area contributed by atoms with Crippen LogP contribution in [0.1, 0.15) is 18.9 Å². The van der Waals surface area contributed by atoms with Gasteiger partial charge in [-0.25, -0.2) is 4.39 Å². The van der Waals surface area contributed by atoms with Gasteiger partial charge in [-0.15, -0.1) is 0 Å². The summed E-state index contributed by atoms with van der Waals surface area (Å²) in [5.74, 6) is 0.478. The van der Waals surface area contributed by atoms with E-state index in [0.29, 0.717) is 16.5 Å². The first-order valence-electron chi connectivity index (χ1n) is 6.72. The average Bonchev–Trinajstić information content (AvgIpc) is 2.46. The molecule has 21 heavy (non-hydrogen) atoms. The monoisotopic (exact) mass is 327 g/mol. The lowest BCUT2D eigenvalue weighted by Crippen LogP contribution is -2.13. The number of rotatable bonds is 6. The molecule has 0 spiro atoms. The lowest BCUT2D eigenvalue weighted by atomic mass is 10.2. The van der Waals surface area contributed by atoms with Crippen LogP contribution in [0.4, 0.5) is 4.39 Å². The third-order valence-corrected chi connectivity index (χ3v) is 3.46. The summed E-state index contributed by atoms with van der Waals surface area (Å²) < 4.78 is 18.7. The Morgan fingerprint density at radius 2 is 1.90 bits per heavy atom. The summed E-state index contributed by atoms with van der Waals surface area (Å²) in [6.45, 7) is 3.84. The second-order valence-corrected chi connectivity index (χ2v) is 5.43. The number of benzene rings is 2. The van der Waals surface area contributed by atoms with Crippen molar-refractivity contribution in [1.82, 2.24) is 5.32 Å². The molecule has 0 aliphatic rings. The van der Waals surface area contributed by atoms with Gasteiger partial charge in [0.2, 0.25) is 0 Å². The van der Waals surface area contributed by atoms with E-state index >= 15 is 0 Å². The van der Waals surface area contributed by atoms with Crippen molar-refractivity contribution in [3.05, 3.63) is 57.8 Å². The third kappa shape index (κ3) is 4.60. The molecule has 0 heterocycles. The predicted octanol–water partition coefficient (Wildman–Crippen LogP) is 5.42. The molecular formula is C16H16Cl2FNO. The number of nitrogens with one attached hydrogen (secondary N) is 1. The van der Waals surface area contributed by atoms with Crippen LogP contribution in [0.5, 0.6) is 11.5 Å². The number of ether oxygens (including phenoxy) is 1. The zero-order valence-corrected chi connectivity index (χ0v) is 13.1. The van der Waals surface area contributed by atoms with Gasteiger partial charge in [0, 0.05) is 12.6 Å². The number of hydrogen-bond acceptors (Lipinski definition) is 2. The molecule has 1 N–H and O–H groups in total. The summed E-state index contributed by atoms with van der Waals surface area (Å²) in [7, 11) is 0. The van der Waals surface area contributed by atoms with E-state index in [1.807, 2.05) is 12.1 Å². The second-order valence-electron chi connectivity index (χ2n) is 4.62. The number of hydrogen-bond donors (Lipinski definition) is 1. The van der Waals surface area contributed by atoms with E-state index < -0.39 is 5.82 Å². The molecule has 112 valence electrons. The highest BCUT2D eigenvalue weighted by atomic mass is 35.5. The molecule has 0 radical (unpaired) electrons. The Balaban J connectivity index is 2.08. The van der Waals surface area contributed by atoms with E-state index in [0.717, 1.165) is 25.1 Å². The lowest BCUT2D eigenvalue weighted by Gasteiger charge is -2.10. The first kappa shape index (κ1) is 16.1. The van der Waals surface area contributed by atoms with Gasteiger partial charge in [0.05, 0.1) is 10.0 Å². The molecule has 0 aliphatic heterocycles. The molecular weight excluding hydrogens is 312 g/mol. The van der Waals surface area contributed by atoms with Crippen molar-refractivity contribution in [3.63, 3.8) is 0 Å². The minimum absolute atomic E-state index is 0.0176. The molecule has 0 bridgehead atoms. The van der Waals surface area contributed by atoms with E-state index in [9.17, 15) is 4.39 Å². The standard InChI is InChI=1S/C16H16Cl2FNO/c1-2-7-20-10-11-3-6-16(14(18)8-11)21-12-4-5-15(19)13(17)9-12/h3-6,8-9,20H,2,7,10H2,1H3. The highest BCUT2D eigenvalue weighted by molar-refractivity contribution is 6.32. The van der Waals surface area contributed by atoms with Gasteiger partial charge in [0.1, 0.15) is 17.3 Å². The van der Waals surface area contributed by atoms with Crippen molar-refractivity contribution >= 4 is 23.2 Å². The summed E-state index contributed by atoms with van der Waals surface area (Å²) in [4.78, 5) is 0. The van der Waals surface area contributed by atoms with Crippen LogP contribution in [-0.4, -0.2) is 6.54 Å². The van der Waals surface area contributed by atoms with E-state index in [2.05, 4.69) is 12.2 Å². The van der Waals surface area contributed by atoms with Crippen LogP contribution in [-0.2, 0) is 6.54 Å². The fourth-order valence-corrected chi connectivity index (χ4v) is 2.23. The quantitative estimate of drug-likeness (QED) is 0.715. The topological polar surface area (TPSA) is 21.3 Å². The molecule has 0 unspecified atom stereocenters. The van der Waals surface area contributed by atoms with Gasteiger partial charge in [-0.05, 0) is 42.8 Å². The van der Waals surface area contributed by atoms with Crippen LogP contribution in [0.25, 0.3) is 0 Å². The molecule has 0 atom stereocenters. The Hall–Kier alpha value is -1.29. The van der Waals surface area contributed by atoms with Crippen LogP contribution >= 0.6 is 23.2 Å². The first-order chi connectivity index (χ1) is 10.1. The van der Waals surface area contributed by atoms with E-state index in [1.165, 1.54) is 18.2 Å². The van der Waals surface area contributed by atoms with Gasteiger partial charge in [0.15, 0.2) is 0 Å². The molecule has 0 aliphatic carbocycles. The van der Waals surface area contributed by atoms with Gasteiger partial charge in [0.25, 0.3) is 0 Å². The average molecular weight is 328 g/mol. The molecule has 5 heteroatoms. The van der Waals surface area contributed by atoms with Gasteiger partial charge >= 0.3 is 0 Å². The van der Waals surface area contributed by atoms with Crippen LogP contribution in [0, 0.1) is 5.82 Å². The van der Waals surface area contributed by atoms with Crippen LogP contribution in [0.2, 0.25) is 10.0 Å². The second kappa shape index (κ2) is 7.64. The summed E-state index contributed by atoms with van der Waals surface area (Å²) >= 11 is 11.9. The minimum atomic E-state index is -0.479. The van der Waals surface area contributed by atoms with Crippen LogP contribution < -0.4 is 10.1 Å². The lowest BCUT2D eigenvalue weighted by molar-refractivity contribution is 0.480. The zero-order valence-electron chi connectivity index (χ0n) is 11.6. The Kier molecular flexibility index (Phi) is 5.85. The van der Waals surface area contributed by atoms with Crippen LogP contribution in [0.3, 0.4) is 0 Å². The van der Waals surface area contributed by atoms with Crippen molar-refractivity contribution < 1.29 is 9.13 Å². The largest absolute Gasteiger partial charge is 0.456 e. The summed E-state index contributed by atoms with van der Waals surface area (Å²) in [6.07, 6.45) is 1.08. The number of halogens is 3. The summed E-state index contributed by atoms with van der Waals surface area (Å²) in [5, 5.41) is 3.83. The Labute approximate surface area is 133 Å². The molecule has 0 saturated heterocycles. The summed E-state index contributed by atoms with van der Waals surface area (Å²) in [6, 6.07) is 9.77. The van der Waals surface area contributed by atoms with E-state index in [4.69, 9.17) is 27.9 Å². The minimum Gasteiger partial charge on any atom is -0.456 e. The smallest absolute Gasteiger partial charge is 0.146 e. The molecule has 2 aromatic rings. The highest BCUT2D eigenvalue weighted by Crippen LogP contribution is 2.31. The molecule has 0 aromatic heterocycles. The maximum Gasteiger partial charge on any atom is 0.146 e. The molecule has 2 rings (SSSR count). The van der Waals surface area contributed by atoms with Crippen molar-refractivity contribution in [1.29, 1.82) is 0 Å².